The molecule has 0 spiro atoms. The van der Waals surface area contributed by atoms with Crippen LogP contribution in [-0.4, -0.2) is 42.4 Å². The Kier molecular flexibility index (Phi) is 4.45. The molecule has 1 aliphatic heterocycles. The maximum absolute atomic E-state index is 5.44. The molecule has 3 nitrogen and oxygen atoms in total. The van der Waals surface area contributed by atoms with Crippen molar-refractivity contribution in [1.82, 2.24) is 10.2 Å². The average Bonchev–Trinajstić information content (AvgIpc) is 2.30. The van der Waals surface area contributed by atoms with E-state index in [-0.39, 0.29) is 0 Å². The topological polar surface area (TPSA) is 24.5 Å². The first-order valence-electron chi connectivity index (χ1n) is 4.88. The van der Waals surface area contributed by atoms with Gasteiger partial charge in [-0.25, -0.2) is 0 Å². The lowest BCUT2D eigenvalue weighted by atomic mass is 10.3. The summed E-state index contributed by atoms with van der Waals surface area (Å²) >= 11 is 5.27. The summed E-state index contributed by atoms with van der Waals surface area (Å²) in [7, 11) is 0. The van der Waals surface area contributed by atoms with Crippen LogP contribution in [0, 0.1) is 0 Å². The minimum Gasteiger partial charge on any atom is -0.379 e. The molecule has 1 heterocycles. The van der Waals surface area contributed by atoms with Gasteiger partial charge in [-0.05, 0) is 32.5 Å². The monoisotopic (exact) mass is 202 g/mol. The summed E-state index contributed by atoms with van der Waals surface area (Å²) in [5.41, 5.74) is 0. The Bertz CT molecular complexity index is 175. The second-order valence-electron chi connectivity index (χ2n) is 3.31. The summed E-state index contributed by atoms with van der Waals surface area (Å²) in [5, 5.41) is 4.04. The Morgan fingerprint density at radius 1 is 1.69 bits per heavy atom. The number of rotatable bonds is 1. The average molecular weight is 202 g/mol. The van der Waals surface area contributed by atoms with Crippen molar-refractivity contribution in [3.05, 3.63) is 0 Å². The number of ether oxygens (including phenoxy) is 1. The molecular formula is C9H18N2OS. The molecule has 0 aromatic heterocycles. The van der Waals surface area contributed by atoms with Crippen molar-refractivity contribution in [2.45, 2.75) is 26.3 Å². The fourth-order valence-electron chi connectivity index (χ4n) is 1.46. The van der Waals surface area contributed by atoms with E-state index in [1.54, 1.807) is 0 Å². The molecule has 1 fully saturated rings. The molecule has 1 atom stereocenters. The molecule has 1 aliphatic rings. The molecule has 0 bridgehead atoms. The van der Waals surface area contributed by atoms with Crippen molar-refractivity contribution in [1.29, 1.82) is 0 Å². The Hall–Kier alpha value is -0.350. The van der Waals surface area contributed by atoms with Crippen molar-refractivity contribution in [3.63, 3.8) is 0 Å². The van der Waals surface area contributed by atoms with Crippen LogP contribution >= 0.6 is 12.2 Å². The zero-order valence-corrected chi connectivity index (χ0v) is 9.19. The van der Waals surface area contributed by atoms with E-state index in [1.165, 1.54) is 0 Å². The van der Waals surface area contributed by atoms with Gasteiger partial charge >= 0.3 is 0 Å². The van der Waals surface area contributed by atoms with E-state index < -0.39 is 0 Å². The summed E-state index contributed by atoms with van der Waals surface area (Å²) in [5.74, 6) is 0. The molecule has 0 amide bonds. The fraction of sp³-hybridized carbons (Fsp3) is 0.889. The highest BCUT2D eigenvalue weighted by Gasteiger charge is 2.18. The van der Waals surface area contributed by atoms with Crippen LogP contribution < -0.4 is 5.32 Å². The summed E-state index contributed by atoms with van der Waals surface area (Å²) in [6.45, 7) is 7.75. The van der Waals surface area contributed by atoms with Crippen LogP contribution in [0.1, 0.15) is 20.3 Å². The van der Waals surface area contributed by atoms with Crippen molar-refractivity contribution in [2.75, 3.05) is 26.3 Å². The van der Waals surface area contributed by atoms with Gasteiger partial charge in [0.1, 0.15) is 0 Å². The van der Waals surface area contributed by atoms with E-state index in [2.05, 4.69) is 24.1 Å². The first kappa shape index (κ1) is 10.7. The Labute approximate surface area is 85.4 Å². The van der Waals surface area contributed by atoms with Crippen molar-refractivity contribution >= 4 is 17.3 Å². The molecule has 0 saturated carbocycles. The maximum atomic E-state index is 5.44. The van der Waals surface area contributed by atoms with E-state index in [1.807, 2.05) is 0 Å². The Balaban J connectivity index is 2.48. The zero-order chi connectivity index (χ0) is 9.68. The molecular weight excluding hydrogens is 184 g/mol. The van der Waals surface area contributed by atoms with Crippen molar-refractivity contribution < 1.29 is 4.74 Å². The molecule has 76 valence electrons. The smallest absolute Gasteiger partial charge is 0.169 e. The van der Waals surface area contributed by atoms with Crippen LogP contribution in [0.25, 0.3) is 0 Å². The summed E-state index contributed by atoms with van der Waals surface area (Å²) in [6.07, 6.45) is 1.07. The van der Waals surface area contributed by atoms with E-state index in [0.717, 1.165) is 37.8 Å². The third kappa shape index (κ3) is 3.12. The molecule has 4 heteroatoms. The number of hydrogen-bond donors (Lipinski definition) is 1. The third-order valence-electron chi connectivity index (χ3n) is 2.17. The van der Waals surface area contributed by atoms with Gasteiger partial charge in [0.25, 0.3) is 0 Å². The van der Waals surface area contributed by atoms with Gasteiger partial charge in [0.15, 0.2) is 5.11 Å². The molecule has 13 heavy (non-hydrogen) atoms. The fourth-order valence-corrected chi connectivity index (χ4v) is 1.87. The lowest BCUT2D eigenvalue weighted by Gasteiger charge is -2.28. The number of thiocarbonyl (C=S) groups is 1. The van der Waals surface area contributed by atoms with Crippen LogP contribution in [0.5, 0.6) is 0 Å². The SMILES string of the molecule is CCNC(=S)N1CCCOCC1C. The van der Waals surface area contributed by atoms with Gasteiger partial charge in [-0.15, -0.1) is 0 Å². The molecule has 0 aromatic carbocycles. The second-order valence-corrected chi connectivity index (χ2v) is 3.69. The zero-order valence-electron chi connectivity index (χ0n) is 8.38. The Morgan fingerprint density at radius 2 is 2.46 bits per heavy atom. The normalized spacial score (nSPS) is 23.8. The van der Waals surface area contributed by atoms with E-state index in [4.69, 9.17) is 17.0 Å². The van der Waals surface area contributed by atoms with Crippen molar-refractivity contribution in [3.8, 4) is 0 Å². The van der Waals surface area contributed by atoms with Crippen LogP contribution in [0.15, 0.2) is 0 Å². The molecule has 0 aromatic rings. The third-order valence-corrected chi connectivity index (χ3v) is 2.55. The highest BCUT2D eigenvalue weighted by Crippen LogP contribution is 2.06. The summed E-state index contributed by atoms with van der Waals surface area (Å²) < 4.78 is 5.44. The summed E-state index contributed by atoms with van der Waals surface area (Å²) in [4.78, 5) is 2.21. The van der Waals surface area contributed by atoms with Gasteiger partial charge in [-0.1, -0.05) is 0 Å². The minimum absolute atomic E-state index is 0.397. The van der Waals surface area contributed by atoms with Crippen molar-refractivity contribution in [2.24, 2.45) is 0 Å². The highest BCUT2D eigenvalue weighted by atomic mass is 32.1. The lowest BCUT2D eigenvalue weighted by Crippen LogP contribution is -2.45. The van der Waals surface area contributed by atoms with Crippen LogP contribution in [0.4, 0.5) is 0 Å². The maximum Gasteiger partial charge on any atom is 0.169 e. The minimum atomic E-state index is 0.397. The first-order valence-corrected chi connectivity index (χ1v) is 5.28. The first-order chi connectivity index (χ1) is 6.25. The highest BCUT2D eigenvalue weighted by molar-refractivity contribution is 7.80. The van der Waals surface area contributed by atoms with Gasteiger partial charge in [0.2, 0.25) is 0 Å². The molecule has 1 saturated heterocycles. The van der Waals surface area contributed by atoms with Crippen LogP contribution in [0.2, 0.25) is 0 Å². The predicted octanol–water partition coefficient (Wildman–Crippen LogP) is 0.992. The van der Waals surface area contributed by atoms with Gasteiger partial charge in [-0.3, -0.25) is 0 Å². The lowest BCUT2D eigenvalue weighted by molar-refractivity contribution is 0.124. The standard InChI is InChI=1S/C9H18N2OS/c1-3-10-9(13)11-5-4-6-12-7-8(11)2/h8H,3-7H2,1-2H3,(H,10,13). The van der Waals surface area contributed by atoms with E-state index in [0.29, 0.717) is 6.04 Å². The van der Waals surface area contributed by atoms with Gasteiger partial charge in [-0.2, -0.15) is 0 Å². The largest absolute Gasteiger partial charge is 0.379 e. The van der Waals surface area contributed by atoms with Gasteiger partial charge in [0, 0.05) is 19.7 Å². The Morgan fingerprint density at radius 3 is 3.15 bits per heavy atom. The van der Waals surface area contributed by atoms with Crippen LogP contribution in [-0.2, 0) is 4.74 Å². The van der Waals surface area contributed by atoms with E-state index >= 15 is 0 Å². The van der Waals surface area contributed by atoms with Gasteiger partial charge in [0.05, 0.1) is 12.6 Å². The van der Waals surface area contributed by atoms with E-state index in [9.17, 15) is 0 Å². The van der Waals surface area contributed by atoms with Crippen LogP contribution in [0.3, 0.4) is 0 Å². The second kappa shape index (κ2) is 5.40. The predicted molar refractivity (Wildman–Crippen MR) is 57.9 cm³/mol. The number of hydrogen-bond acceptors (Lipinski definition) is 2. The number of nitrogens with one attached hydrogen (secondary N) is 1. The molecule has 1 N–H and O–H groups in total. The van der Waals surface area contributed by atoms with Gasteiger partial charge < -0.3 is 15.0 Å². The summed E-state index contributed by atoms with van der Waals surface area (Å²) in [6, 6.07) is 0.397. The quantitative estimate of drug-likeness (QED) is 0.641. The molecule has 0 aliphatic carbocycles. The molecule has 1 unspecified atom stereocenters. The molecule has 1 rings (SSSR count). The molecule has 0 radical (unpaired) electrons. The number of nitrogens with zero attached hydrogens (tertiary/aromatic N) is 1.